The van der Waals surface area contributed by atoms with Gasteiger partial charge in [-0.25, -0.2) is 0 Å². The lowest BCUT2D eigenvalue weighted by molar-refractivity contribution is -0.137. The molecular weight excluding hydrogens is 347 g/mol. The topological polar surface area (TPSA) is 32.3 Å². The van der Waals surface area contributed by atoms with Gasteiger partial charge in [-0.15, -0.1) is 0 Å². The molecule has 6 heteroatoms. The lowest BCUT2D eigenvalue weighted by Gasteiger charge is -2.15. The number of rotatable bonds is 4. The van der Waals surface area contributed by atoms with Crippen LogP contribution < -0.4 is 5.32 Å². The van der Waals surface area contributed by atoms with Crippen molar-refractivity contribution < 1.29 is 18.3 Å². The second-order valence-electron chi connectivity index (χ2n) is 4.50. The molecule has 2 rings (SSSR count). The standard InChI is InChI=1S/C15H13BrF3NO/c16-12-3-1-2-4-13(12)20-9-14(21)10-5-7-11(8-6-10)15(17,18)19/h1-8,14,20-21H,9H2. The van der Waals surface area contributed by atoms with E-state index in [4.69, 9.17) is 0 Å². The fourth-order valence-electron chi connectivity index (χ4n) is 1.82. The molecule has 2 aromatic carbocycles. The molecule has 0 amide bonds. The molecule has 0 aliphatic carbocycles. The third kappa shape index (κ3) is 4.22. The predicted octanol–water partition coefficient (Wildman–Crippen LogP) is 4.61. The quantitative estimate of drug-likeness (QED) is 0.835. The molecule has 0 spiro atoms. The molecule has 112 valence electrons. The molecule has 0 aliphatic heterocycles. The summed E-state index contributed by atoms with van der Waals surface area (Å²) in [4.78, 5) is 0. The second kappa shape index (κ2) is 6.49. The number of para-hydroxylation sites is 1. The van der Waals surface area contributed by atoms with Crippen molar-refractivity contribution in [2.45, 2.75) is 12.3 Å². The number of aliphatic hydroxyl groups excluding tert-OH is 1. The fraction of sp³-hybridized carbons (Fsp3) is 0.200. The van der Waals surface area contributed by atoms with E-state index in [-0.39, 0.29) is 6.54 Å². The van der Waals surface area contributed by atoms with Gasteiger partial charge in [0, 0.05) is 16.7 Å². The largest absolute Gasteiger partial charge is 0.416 e. The van der Waals surface area contributed by atoms with Gasteiger partial charge < -0.3 is 10.4 Å². The summed E-state index contributed by atoms with van der Waals surface area (Å²) >= 11 is 3.36. The maximum atomic E-state index is 12.5. The number of hydrogen-bond acceptors (Lipinski definition) is 2. The SMILES string of the molecule is OC(CNc1ccccc1Br)c1ccc(C(F)(F)F)cc1. The van der Waals surface area contributed by atoms with Gasteiger partial charge in [-0.05, 0) is 45.8 Å². The van der Waals surface area contributed by atoms with Crippen LogP contribution in [0.25, 0.3) is 0 Å². The third-order valence-corrected chi connectivity index (χ3v) is 3.67. The Morgan fingerprint density at radius 1 is 1.05 bits per heavy atom. The van der Waals surface area contributed by atoms with Crippen LogP contribution in [0.4, 0.5) is 18.9 Å². The Labute approximate surface area is 128 Å². The van der Waals surface area contributed by atoms with Crippen LogP contribution in [0.5, 0.6) is 0 Å². The summed E-state index contributed by atoms with van der Waals surface area (Å²) in [6, 6.07) is 11.9. The number of nitrogens with one attached hydrogen (secondary N) is 1. The smallest absolute Gasteiger partial charge is 0.387 e. The fourth-order valence-corrected chi connectivity index (χ4v) is 2.25. The van der Waals surface area contributed by atoms with Gasteiger partial charge in [0.2, 0.25) is 0 Å². The van der Waals surface area contributed by atoms with Gasteiger partial charge in [0.15, 0.2) is 0 Å². The summed E-state index contributed by atoms with van der Waals surface area (Å²) in [6.45, 7) is 0.202. The molecule has 2 aromatic rings. The van der Waals surface area contributed by atoms with E-state index in [0.717, 1.165) is 22.3 Å². The zero-order valence-electron chi connectivity index (χ0n) is 10.9. The molecule has 0 radical (unpaired) electrons. The molecule has 0 heterocycles. The number of hydrogen-bond donors (Lipinski definition) is 2. The zero-order valence-corrected chi connectivity index (χ0v) is 12.4. The highest BCUT2D eigenvalue weighted by Crippen LogP contribution is 2.30. The van der Waals surface area contributed by atoms with Crippen molar-refractivity contribution in [2.24, 2.45) is 0 Å². The second-order valence-corrected chi connectivity index (χ2v) is 5.35. The third-order valence-electron chi connectivity index (χ3n) is 2.98. The van der Waals surface area contributed by atoms with Gasteiger partial charge in [-0.1, -0.05) is 24.3 Å². The molecule has 0 saturated carbocycles. The van der Waals surface area contributed by atoms with Crippen LogP contribution >= 0.6 is 15.9 Å². The van der Waals surface area contributed by atoms with Crippen LogP contribution in [-0.4, -0.2) is 11.7 Å². The Balaban J connectivity index is 2.01. The summed E-state index contributed by atoms with van der Waals surface area (Å²) in [5.74, 6) is 0. The van der Waals surface area contributed by atoms with Gasteiger partial charge in [0.1, 0.15) is 0 Å². The van der Waals surface area contributed by atoms with Crippen molar-refractivity contribution in [1.29, 1.82) is 0 Å². The minimum absolute atomic E-state index is 0.202. The highest BCUT2D eigenvalue weighted by Gasteiger charge is 2.30. The van der Waals surface area contributed by atoms with Gasteiger partial charge >= 0.3 is 6.18 Å². The number of aliphatic hydroxyl groups is 1. The molecule has 21 heavy (non-hydrogen) atoms. The highest BCUT2D eigenvalue weighted by molar-refractivity contribution is 9.10. The van der Waals surface area contributed by atoms with Gasteiger partial charge in [0.05, 0.1) is 11.7 Å². The first-order valence-electron chi connectivity index (χ1n) is 6.21. The maximum absolute atomic E-state index is 12.5. The Morgan fingerprint density at radius 3 is 2.24 bits per heavy atom. The summed E-state index contributed by atoms with van der Waals surface area (Å²) in [5.41, 5.74) is 0.517. The molecule has 1 atom stereocenters. The van der Waals surface area contributed by atoms with E-state index < -0.39 is 17.8 Å². The lowest BCUT2D eigenvalue weighted by atomic mass is 10.1. The van der Waals surface area contributed by atoms with Crippen LogP contribution in [0.15, 0.2) is 53.0 Å². The molecule has 0 aromatic heterocycles. The Bertz CT molecular complexity index is 599. The van der Waals surface area contributed by atoms with Crippen LogP contribution in [0.3, 0.4) is 0 Å². The van der Waals surface area contributed by atoms with Crippen molar-refractivity contribution in [3.05, 3.63) is 64.1 Å². The van der Waals surface area contributed by atoms with Crippen LogP contribution in [0.1, 0.15) is 17.2 Å². The van der Waals surface area contributed by atoms with Crippen molar-refractivity contribution in [1.82, 2.24) is 0 Å². The van der Waals surface area contributed by atoms with Crippen molar-refractivity contribution >= 4 is 21.6 Å². The van der Waals surface area contributed by atoms with E-state index in [9.17, 15) is 18.3 Å². The number of halogens is 4. The van der Waals surface area contributed by atoms with E-state index in [1.54, 1.807) is 0 Å². The molecule has 0 aliphatic rings. The molecule has 0 fully saturated rings. The Hall–Kier alpha value is -1.53. The van der Waals surface area contributed by atoms with Crippen molar-refractivity contribution in [2.75, 3.05) is 11.9 Å². The minimum atomic E-state index is -4.36. The summed E-state index contributed by atoms with van der Waals surface area (Å²) < 4.78 is 38.2. The zero-order chi connectivity index (χ0) is 15.5. The first-order valence-corrected chi connectivity index (χ1v) is 7.01. The van der Waals surface area contributed by atoms with E-state index in [1.165, 1.54) is 12.1 Å². The Morgan fingerprint density at radius 2 is 1.67 bits per heavy atom. The van der Waals surface area contributed by atoms with Crippen LogP contribution in [-0.2, 0) is 6.18 Å². The summed E-state index contributed by atoms with van der Waals surface area (Å²) in [7, 11) is 0. The monoisotopic (exact) mass is 359 g/mol. The molecule has 0 bridgehead atoms. The van der Waals surface area contributed by atoms with E-state index in [0.29, 0.717) is 5.56 Å². The minimum Gasteiger partial charge on any atom is -0.387 e. The van der Waals surface area contributed by atoms with E-state index >= 15 is 0 Å². The number of alkyl halides is 3. The highest BCUT2D eigenvalue weighted by atomic mass is 79.9. The van der Waals surface area contributed by atoms with Crippen molar-refractivity contribution in [3.63, 3.8) is 0 Å². The van der Waals surface area contributed by atoms with Gasteiger partial charge in [-0.3, -0.25) is 0 Å². The Kier molecular flexibility index (Phi) is 4.90. The molecular formula is C15H13BrF3NO. The van der Waals surface area contributed by atoms with E-state index in [2.05, 4.69) is 21.2 Å². The van der Waals surface area contributed by atoms with E-state index in [1.807, 2.05) is 24.3 Å². The lowest BCUT2D eigenvalue weighted by Crippen LogP contribution is -2.13. The number of benzene rings is 2. The predicted molar refractivity (Wildman–Crippen MR) is 79.0 cm³/mol. The summed E-state index contributed by atoms with van der Waals surface area (Å²) in [6.07, 6.45) is -5.25. The number of anilines is 1. The van der Waals surface area contributed by atoms with Crippen LogP contribution in [0.2, 0.25) is 0 Å². The molecule has 2 nitrogen and oxygen atoms in total. The average Bonchev–Trinajstić information content (AvgIpc) is 2.45. The average molecular weight is 360 g/mol. The van der Waals surface area contributed by atoms with Gasteiger partial charge in [0.25, 0.3) is 0 Å². The molecule has 2 N–H and O–H groups in total. The normalized spacial score (nSPS) is 13.0. The van der Waals surface area contributed by atoms with Crippen molar-refractivity contribution in [3.8, 4) is 0 Å². The van der Waals surface area contributed by atoms with Crippen LogP contribution in [0, 0.1) is 0 Å². The van der Waals surface area contributed by atoms with Gasteiger partial charge in [-0.2, -0.15) is 13.2 Å². The molecule has 0 saturated heterocycles. The summed E-state index contributed by atoms with van der Waals surface area (Å²) in [5, 5.41) is 13.0. The maximum Gasteiger partial charge on any atom is 0.416 e. The first-order chi connectivity index (χ1) is 9.88. The first kappa shape index (κ1) is 15.9. The molecule has 1 unspecified atom stereocenters.